The number of hydrogen-bond donors (Lipinski definition) is 0. The maximum Gasteiger partial charge on any atom is 0.306 e. The molecule has 1 atom stereocenters. The summed E-state index contributed by atoms with van der Waals surface area (Å²) in [6.45, 7) is 6.39. The largest absolute Gasteiger partial charge is 0.462 e. The van der Waals surface area contributed by atoms with Gasteiger partial charge in [0.25, 0.3) is 0 Å². The molecule has 0 amide bonds. The lowest BCUT2D eigenvalue weighted by Gasteiger charge is -2.18. The van der Waals surface area contributed by atoms with Crippen molar-refractivity contribution in [3.05, 3.63) is 134 Å². The second kappa shape index (κ2) is 66.1. The van der Waals surface area contributed by atoms with Crippen LogP contribution in [0.2, 0.25) is 0 Å². The molecule has 0 N–H and O–H groups in total. The van der Waals surface area contributed by atoms with Crippen LogP contribution >= 0.6 is 0 Å². The van der Waals surface area contributed by atoms with E-state index in [9.17, 15) is 14.4 Å². The summed E-state index contributed by atoms with van der Waals surface area (Å²) in [4.78, 5) is 38.4. The normalized spacial score (nSPS) is 13.0. The van der Waals surface area contributed by atoms with Gasteiger partial charge in [0, 0.05) is 19.3 Å². The molecule has 0 heterocycles. The summed E-state index contributed by atoms with van der Waals surface area (Å²) in [6.07, 6.45) is 93.1. The van der Waals surface area contributed by atoms with E-state index in [1.807, 2.05) is 0 Å². The molecule has 0 rings (SSSR count). The molecular weight excluding hydrogens is 973 g/mol. The van der Waals surface area contributed by atoms with Gasteiger partial charge in [-0.25, -0.2) is 0 Å². The maximum absolute atomic E-state index is 12.9. The van der Waals surface area contributed by atoms with E-state index in [0.29, 0.717) is 19.3 Å². The predicted molar refractivity (Wildman–Crippen MR) is 343 cm³/mol. The van der Waals surface area contributed by atoms with Crippen molar-refractivity contribution in [2.75, 3.05) is 13.2 Å². The highest BCUT2D eigenvalue weighted by Gasteiger charge is 2.19. The Bertz CT molecular complexity index is 1680. The minimum Gasteiger partial charge on any atom is -0.462 e. The van der Waals surface area contributed by atoms with Gasteiger partial charge in [0.15, 0.2) is 6.10 Å². The molecule has 0 spiro atoms. The quantitative estimate of drug-likeness (QED) is 0.0261. The summed E-state index contributed by atoms with van der Waals surface area (Å²) in [5.74, 6) is -0.913. The predicted octanol–water partition coefficient (Wildman–Crippen LogP) is 22.5. The molecule has 0 fully saturated rings. The molecule has 0 aromatic rings. The van der Waals surface area contributed by atoms with Crippen LogP contribution in [-0.4, -0.2) is 37.2 Å². The molecule has 0 aliphatic rings. The number of rotatable bonds is 58. The second-order valence-corrected chi connectivity index (χ2v) is 21.3. The van der Waals surface area contributed by atoms with Crippen molar-refractivity contribution in [2.45, 2.75) is 297 Å². The Morgan fingerprint density at radius 3 is 0.785 bits per heavy atom. The van der Waals surface area contributed by atoms with Gasteiger partial charge in [-0.1, -0.05) is 270 Å². The smallest absolute Gasteiger partial charge is 0.306 e. The summed E-state index contributed by atoms with van der Waals surface area (Å²) in [7, 11) is 0. The average Bonchev–Trinajstić information content (AvgIpc) is 3.45. The fraction of sp³-hybridized carbons (Fsp3) is 0.658. The molecule has 6 heteroatoms. The molecule has 0 saturated heterocycles. The molecule has 0 aromatic carbocycles. The molecule has 0 bridgehead atoms. The minimum atomic E-state index is -0.796. The number of ether oxygens (including phenoxy) is 3. The first-order valence-corrected chi connectivity index (χ1v) is 32.7. The number of carbonyl (C=O) groups is 3. The van der Waals surface area contributed by atoms with E-state index in [4.69, 9.17) is 14.2 Å². The fourth-order valence-corrected chi connectivity index (χ4v) is 8.79. The number of hydrogen-bond acceptors (Lipinski definition) is 6. The lowest BCUT2D eigenvalue weighted by molar-refractivity contribution is -0.167. The third-order valence-electron chi connectivity index (χ3n) is 13.6. The third-order valence-corrected chi connectivity index (χ3v) is 13.6. The van der Waals surface area contributed by atoms with Gasteiger partial charge in [-0.2, -0.15) is 0 Å². The van der Waals surface area contributed by atoms with Gasteiger partial charge in [-0.3, -0.25) is 14.4 Å². The first-order valence-electron chi connectivity index (χ1n) is 32.7. The Balaban J connectivity index is 4.38. The Hall–Kier alpha value is -4.45. The highest BCUT2D eigenvalue weighted by atomic mass is 16.6. The molecule has 6 nitrogen and oxygen atoms in total. The van der Waals surface area contributed by atoms with Crippen LogP contribution in [0.3, 0.4) is 0 Å². The fourth-order valence-electron chi connectivity index (χ4n) is 8.79. The first-order chi connectivity index (χ1) is 39.0. The molecule has 0 aromatic heterocycles. The van der Waals surface area contributed by atoms with Crippen LogP contribution in [0.4, 0.5) is 0 Å². The number of unbranched alkanes of at least 4 members (excludes halogenated alkanes) is 25. The third kappa shape index (κ3) is 64.3. The zero-order chi connectivity index (χ0) is 57.1. The number of allylic oxidation sites excluding steroid dienone is 22. The molecule has 79 heavy (non-hydrogen) atoms. The SMILES string of the molecule is CC/C=C\C/C=C\C/C=C\C/C=C\C/C=C\CCCCCCCCCCCC(=O)OCC(COC(=O)CCCCCCC/C=C\CCCCCC)OC(=O)CCCCCCCCC/C=C\C/C=C\C/C=C\C/C=C\C/C=C\CC. The Labute approximate surface area is 487 Å². The standard InChI is InChI=1S/C73H120O6/c1-4-7-10-13-16-19-22-25-27-29-31-33-35-36-38-39-41-43-45-48-51-54-57-60-63-66-72(75)78-69-70(68-77-71(74)65-62-59-56-53-50-47-24-21-18-15-12-9-6-3)79-73(76)67-64-61-58-55-52-49-46-44-42-40-37-34-32-30-28-26-23-20-17-14-11-8-5-2/h7-8,10-11,16-17,19-21,24-28,31-34,36,38,40,42,70H,4-6,9,12-15,18,22-23,29-30,35,37,39,41,43-69H2,1-3H3/b10-7-,11-8-,19-16-,20-17-,24-21-,27-25-,28-26-,33-31-,34-32-,38-36-,42-40-. The summed E-state index contributed by atoms with van der Waals surface area (Å²) >= 11 is 0. The van der Waals surface area contributed by atoms with Crippen molar-refractivity contribution in [3.63, 3.8) is 0 Å². The van der Waals surface area contributed by atoms with E-state index >= 15 is 0 Å². The lowest BCUT2D eigenvalue weighted by Crippen LogP contribution is -2.30. The van der Waals surface area contributed by atoms with Crippen molar-refractivity contribution < 1.29 is 28.6 Å². The van der Waals surface area contributed by atoms with Crippen LogP contribution in [0.5, 0.6) is 0 Å². The van der Waals surface area contributed by atoms with Crippen LogP contribution in [0.1, 0.15) is 290 Å². The van der Waals surface area contributed by atoms with Gasteiger partial charge >= 0.3 is 17.9 Å². The second-order valence-electron chi connectivity index (χ2n) is 21.3. The van der Waals surface area contributed by atoms with E-state index in [2.05, 4.69) is 154 Å². The average molecular weight is 1090 g/mol. The molecule has 1 unspecified atom stereocenters. The van der Waals surface area contributed by atoms with Crippen LogP contribution < -0.4 is 0 Å². The molecular formula is C73H120O6. The topological polar surface area (TPSA) is 78.9 Å². The Kier molecular flexibility index (Phi) is 62.3. The van der Waals surface area contributed by atoms with Gasteiger partial charge in [-0.05, 0) is 135 Å². The van der Waals surface area contributed by atoms with Gasteiger partial charge in [0.1, 0.15) is 13.2 Å². The van der Waals surface area contributed by atoms with Crippen molar-refractivity contribution >= 4 is 17.9 Å². The van der Waals surface area contributed by atoms with Crippen LogP contribution in [-0.2, 0) is 28.6 Å². The summed E-state index contributed by atoms with van der Waals surface area (Å²) in [5.41, 5.74) is 0. The lowest BCUT2D eigenvalue weighted by atomic mass is 10.1. The van der Waals surface area contributed by atoms with Crippen molar-refractivity contribution in [3.8, 4) is 0 Å². The van der Waals surface area contributed by atoms with Gasteiger partial charge in [0.05, 0.1) is 0 Å². The molecule has 448 valence electrons. The van der Waals surface area contributed by atoms with E-state index in [0.717, 1.165) is 141 Å². The Morgan fingerprint density at radius 1 is 0.266 bits per heavy atom. The van der Waals surface area contributed by atoms with Crippen LogP contribution in [0.25, 0.3) is 0 Å². The first kappa shape index (κ1) is 74.5. The molecule has 0 radical (unpaired) electrons. The summed E-state index contributed by atoms with van der Waals surface area (Å²) < 4.78 is 16.9. The highest BCUT2D eigenvalue weighted by molar-refractivity contribution is 5.71. The summed E-state index contributed by atoms with van der Waals surface area (Å²) in [5, 5.41) is 0. The van der Waals surface area contributed by atoms with E-state index in [1.165, 1.54) is 109 Å². The minimum absolute atomic E-state index is 0.0915. The van der Waals surface area contributed by atoms with E-state index in [-0.39, 0.29) is 31.1 Å². The van der Waals surface area contributed by atoms with Crippen LogP contribution in [0.15, 0.2) is 134 Å². The van der Waals surface area contributed by atoms with Gasteiger partial charge in [-0.15, -0.1) is 0 Å². The van der Waals surface area contributed by atoms with Crippen molar-refractivity contribution in [1.82, 2.24) is 0 Å². The zero-order valence-electron chi connectivity index (χ0n) is 51.3. The maximum atomic E-state index is 12.9. The number of carbonyl (C=O) groups excluding carboxylic acids is 3. The van der Waals surface area contributed by atoms with Crippen LogP contribution in [0, 0.1) is 0 Å². The molecule has 0 aliphatic heterocycles. The monoisotopic (exact) mass is 1090 g/mol. The van der Waals surface area contributed by atoms with E-state index in [1.54, 1.807) is 0 Å². The Morgan fingerprint density at radius 2 is 0.494 bits per heavy atom. The zero-order valence-corrected chi connectivity index (χ0v) is 51.3. The number of esters is 3. The van der Waals surface area contributed by atoms with Crippen molar-refractivity contribution in [1.29, 1.82) is 0 Å². The van der Waals surface area contributed by atoms with E-state index < -0.39 is 6.10 Å². The van der Waals surface area contributed by atoms with Gasteiger partial charge in [0.2, 0.25) is 0 Å². The summed E-state index contributed by atoms with van der Waals surface area (Å²) in [6, 6.07) is 0. The van der Waals surface area contributed by atoms with Crippen molar-refractivity contribution in [2.24, 2.45) is 0 Å². The molecule has 0 saturated carbocycles. The molecule has 0 aliphatic carbocycles. The van der Waals surface area contributed by atoms with Gasteiger partial charge < -0.3 is 14.2 Å². The highest BCUT2D eigenvalue weighted by Crippen LogP contribution is 2.15.